The predicted octanol–water partition coefficient (Wildman–Crippen LogP) is 3.78. The number of anilines is 1. The van der Waals surface area contributed by atoms with E-state index < -0.39 is 10.0 Å². The molecule has 0 N–H and O–H groups in total. The molecule has 0 unspecified atom stereocenters. The third kappa shape index (κ3) is 3.47. The number of nitrogens with zero attached hydrogens (tertiary/aromatic N) is 2. The van der Waals surface area contributed by atoms with Crippen LogP contribution in [0.1, 0.15) is 17.4 Å². The highest BCUT2D eigenvalue weighted by Gasteiger charge is 2.30. The van der Waals surface area contributed by atoms with Gasteiger partial charge in [0.05, 0.1) is 0 Å². The van der Waals surface area contributed by atoms with E-state index in [1.54, 1.807) is 10.4 Å². The van der Waals surface area contributed by atoms with Crippen molar-refractivity contribution < 1.29 is 8.42 Å². The fourth-order valence-corrected chi connectivity index (χ4v) is 6.06. The molecule has 0 radical (unpaired) electrons. The van der Waals surface area contributed by atoms with Crippen molar-refractivity contribution in [3.05, 3.63) is 45.8 Å². The molecule has 7 heteroatoms. The minimum atomic E-state index is -3.37. The van der Waals surface area contributed by atoms with Gasteiger partial charge in [-0.05, 0) is 49.2 Å². The van der Waals surface area contributed by atoms with Crippen LogP contribution in [-0.2, 0) is 16.4 Å². The van der Waals surface area contributed by atoms with Gasteiger partial charge in [0, 0.05) is 41.8 Å². The van der Waals surface area contributed by atoms with E-state index in [-0.39, 0.29) is 0 Å². The molecule has 2 heterocycles. The Bertz CT molecular complexity index is 825. The molecule has 1 aliphatic rings. The Hall–Kier alpha value is -1.08. The van der Waals surface area contributed by atoms with Gasteiger partial charge in [0.25, 0.3) is 10.0 Å². The van der Waals surface area contributed by atoms with Crippen LogP contribution in [0.2, 0.25) is 5.02 Å². The van der Waals surface area contributed by atoms with E-state index in [0.29, 0.717) is 30.4 Å². The number of thiophene rings is 1. The normalized spacial score (nSPS) is 16.5. The molecule has 4 nitrogen and oxygen atoms in total. The van der Waals surface area contributed by atoms with Gasteiger partial charge < -0.3 is 4.90 Å². The van der Waals surface area contributed by atoms with Gasteiger partial charge in [-0.1, -0.05) is 18.5 Å². The number of hydrogen-bond acceptors (Lipinski definition) is 4. The zero-order valence-corrected chi connectivity index (χ0v) is 16.2. The number of halogens is 1. The fraction of sp³-hybridized carbons (Fsp3) is 0.412. The summed E-state index contributed by atoms with van der Waals surface area (Å²) < 4.78 is 27.6. The molecule has 0 saturated carbocycles. The maximum Gasteiger partial charge on any atom is 0.252 e. The van der Waals surface area contributed by atoms with E-state index >= 15 is 0 Å². The summed E-state index contributed by atoms with van der Waals surface area (Å²) >= 11 is 7.39. The first-order valence-electron chi connectivity index (χ1n) is 8.02. The summed E-state index contributed by atoms with van der Waals surface area (Å²) in [4.78, 5) is 3.33. The highest BCUT2D eigenvalue weighted by atomic mass is 35.5. The lowest BCUT2D eigenvalue weighted by Gasteiger charge is -2.35. The number of rotatable bonds is 4. The summed E-state index contributed by atoms with van der Waals surface area (Å²) in [5, 5.41) is 0.724. The molecule has 24 heavy (non-hydrogen) atoms. The first-order chi connectivity index (χ1) is 11.4. The van der Waals surface area contributed by atoms with Crippen molar-refractivity contribution in [2.75, 3.05) is 31.1 Å². The predicted molar refractivity (Wildman–Crippen MR) is 101 cm³/mol. The van der Waals surface area contributed by atoms with Crippen molar-refractivity contribution in [2.45, 2.75) is 24.5 Å². The topological polar surface area (TPSA) is 40.6 Å². The average molecular weight is 385 g/mol. The molecule has 0 spiro atoms. The summed E-state index contributed by atoms with van der Waals surface area (Å²) in [6.07, 6.45) is 0.865. The minimum absolute atomic E-state index is 0.454. The van der Waals surface area contributed by atoms with E-state index in [4.69, 9.17) is 11.6 Å². The lowest BCUT2D eigenvalue weighted by atomic mass is 10.1. The van der Waals surface area contributed by atoms with Crippen molar-refractivity contribution in [2.24, 2.45) is 0 Å². The fourth-order valence-electron chi connectivity index (χ4n) is 2.96. The number of aryl methyl sites for hydroxylation is 2. The van der Waals surface area contributed by atoms with Gasteiger partial charge in [0.2, 0.25) is 0 Å². The van der Waals surface area contributed by atoms with Crippen LogP contribution in [0, 0.1) is 6.92 Å². The van der Waals surface area contributed by atoms with Crippen molar-refractivity contribution >= 4 is 38.6 Å². The molecule has 130 valence electrons. The van der Waals surface area contributed by atoms with Crippen molar-refractivity contribution in [3.8, 4) is 0 Å². The highest BCUT2D eigenvalue weighted by molar-refractivity contribution is 7.91. The Balaban J connectivity index is 1.72. The number of benzene rings is 1. The van der Waals surface area contributed by atoms with Crippen LogP contribution in [0.4, 0.5) is 5.69 Å². The first-order valence-corrected chi connectivity index (χ1v) is 10.6. The molecular formula is C17H21ClN2O2S2. The molecular weight excluding hydrogens is 364 g/mol. The van der Waals surface area contributed by atoms with Crippen LogP contribution in [0.25, 0.3) is 0 Å². The standard InChI is InChI=1S/C17H21ClN2O2S2/c1-3-15-5-7-17(23-15)24(21,22)20-10-8-19(9-11-20)16-6-4-14(18)12-13(16)2/h4-7,12H,3,8-11H2,1-2H3. The SMILES string of the molecule is CCc1ccc(S(=O)(=O)N2CCN(c3ccc(Cl)cc3C)CC2)s1. The van der Waals surface area contributed by atoms with E-state index in [0.717, 1.165) is 27.6 Å². The molecule has 1 aliphatic heterocycles. The van der Waals surface area contributed by atoms with Gasteiger partial charge in [-0.15, -0.1) is 11.3 Å². The van der Waals surface area contributed by atoms with Crippen LogP contribution in [0.15, 0.2) is 34.5 Å². The van der Waals surface area contributed by atoms with Crippen LogP contribution in [-0.4, -0.2) is 38.9 Å². The Morgan fingerprint density at radius 2 is 1.83 bits per heavy atom. The van der Waals surface area contributed by atoms with Crippen LogP contribution in [0.3, 0.4) is 0 Å². The van der Waals surface area contributed by atoms with Gasteiger partial charge in [-0.25, -0.2) is 8.42 Å². The molecule has 1 aromatic carbocycles. The maximum atomic E-state index is 12.8. The summed E-state index contributed by atoms with van der Waals surface area (Å²) in [5.41, 5.74) is 2.24. The molecule has 3 rings (SSSR count). The van der Waals surface area contributed by atoms with Gasteiger partial charge in [-0.2, -0.15) is 4.31 Å². The average Bonchev–Trinajstić information content (AvgIpc) is 3.05. The van der Waals surface area contributed by atoms with Crippen molar-refractivity contribution in [1.82, 2.24) is 4.31 Å². The molecule has 0 amide bonds. The van der Waals surface area contributed by atoms with Crippen LogP contribution in [0.5, 0.6) is 0 Å². The smallest absolute Gasteiger partial charge is 0.252 e. The minimum Gasteiger partial charge on any atom is -0.369 e. The molecule has 1 aromatic heterocycles. The second-order valence-electron chi connectivity index (χ2n) is 5.90. The van der Waals surface area contributed by atoms with Crippen molar-refractivity contribution in [1.29, 1.82) is 0 Å². The number of sulfonamides is 1. The zero-order valence-electron chi connectivity index (χ0n) is 13.8. The van der Waals surface area contributed by atoms with E-state index in [1.165, 1.54) is 11.3 Å². The third-order valence-corrected chi connectivity index (χ3v) is 8.15. The molecule has 2 aromatic rings. The van der Waals surface area contributed by atoms with Gasteiger partial charge >= 0.3 is 0 Å². The molecule has 0 atom stereocenters. The number of piperazine rings is 1. The van der Waals surface area contributed by atoms with Crippen LogP contribution >= 0.6 is 22.9 Å². The van der Waals surface area contributed by atoms with E-state index in [9.17, 15) is 8.42 Å². The Labute approximate surface area is 152 Å². The van der Waals surface area contributed by atoms with Crippen LogP contribution < -0.4 is 4.90 Å². The summed E-state index contributed by atoms with van der Waals surface area (Å²) in [6, 6.07) is 9.47. The second-order valence-corrected chi connectivity index (χ2v) is 9.67. The highest BCUT2D eigenvalue weighted by Crippen LogP contribution is 2.28. The number of hydrogen-bond donors (Lipinski definition) is 0. The summed E-state index contributed by atoms with van der Waals surface area (Å²) in [6.45, 7) is 6.45. The molecule has 1 fully saturated rings. The van der Waals surface area contributed by atoms with Crippen molar-refractivity contribution in [3.63, 3.8) is 0 Å². The molecule has 0 bridgehead atoms. The molecule has 1 saturated heterocycles. The summed E-state index contributed by atoms with van der Waals surface area (Å²) in [7, 11) is -3.37. The molecule has 0 aliphatic carbocycles. The maximum absolute atomic E-state index is 12.8. The Morgan fingerprint density at radius 1 is 1.12 bits per heavy atom. The van der Waals surface area contributed by atoms with Gasteiger partial charge in [0.1, 0.15) is 4.21 Å². The zero-order chi connectivity index (χ0) is 17.3. The third-order valence-electron chi connectivity index (χ3n) is 4.32. The van der Waals surface area contributed by atoms with E-state index in [1.807, 2.05) is 38.1 Å². The Kier molecular flexibility index (Phi) is 5.20. The second kappa shape index (κ2) is 7.04. The first kappa shape index (κ1) is 17.7. The monoisotopic (exact) mass is 384 g/mol. The Morgan fingerprint density at radius 3 is 2.42 bits per heavy atom. The largest absolute Gasteiger partial charge is 0.369 e. The van der Waals surface area contributed by atoms with Gasteiger partial charge in [0.15, 0.2) is 0 Å². The lowest BCUT2D eigenvalue weighted by molar-refractivity contribution is 0.385. The quantitative estimate of drug-likeness (QED) is 0.805. The lowest BCUT2D eigenvalue weighted by Crippen LogP contribution is -2.48. The van der Waals surface area contributed by atoms with Gasteiger partial charge in [-0.3, -0.25) is 0 Å². The van der Waals surface area contributed by atoms with E-state index in [2.05, 4.69) is 4.90 Å². The summed E-state index contributed by atoms with van der Waals surface area (Å²) in [5.74, 6) is 0.